The zero-order valence-corrected chi connectivity index (χ0v) is 9.72. The van der Waals surface area contributed by atoms with E-state index >= 15 is 0 Å². The van der Waals surface area contributed by atoms with Crippen molar-refractivity contribution in [2.75, 3.05) is 17.6 Å². The van der Waals surface area contributed by atoms with Crippen molar-refractivity contribution in [2.24, 2.45) is 0 Å². The van der Waals surface area contributed by atoms with Gasteiger partial charge in [-0.25, -0.2) is 4.39 Å². The highest BCUT2D eigenvalue weighted by Gasteiger charge is 2.20. The Morgan fingerprint density at radius 1 is 1.59 bits per heavy atom. The Morgan fingerprint density at radius 3 is 3.00 bits per heavy atom. The van der Waals surface area contributed by atoms with E-state index in [1.165, 1.54) is 6.07 Å². The number of anilines is 2. The zero-order chi connectivity index (χ0) is 12.4. The van der Waals surface area contributed by atoms with Crippen molar-refractivity contribution < 1.29 is 9.18 Å². The number of amides is 1. The Morgan fingerprint density at radius 2 is 2.35 bits per heavy atom. The van der Waals surface area contributed by atoms with E-state index in [9.17, 15) is 9.18 Å². The summed E-state index contributed by atoms with van der Waals surface area (Å²) < 4.78 is 13.2. The van der Waals surface area contributed by atoms with E-state index in [2.05, 4.69) is 10.6 Å². The minimum Gasteiger partial charge on any atom is -0.397 e. The molecule has 1 heterocycles. The van der Waals surface area contributed by atoms with Crippen molar-refractivity contribution >= 4 is 17.3 Å². The zero-order valence-electron chi connectivity index (χ0n) is 9.72. The first-order valence-electron chi connectivity index (χ1n) is 5.65. The molecule has 2 rings (SSSR count). The van der Waals surface area contributed by atoms with Crippen LogP contribution in [0.2, 0.25) is 0 Å². The molecule has 0 aliphatic carbocycles. The van der Waals surface area contributed by atoms with Gasteiger partial charge in [-0.15, -0.1) is 0 Å². The van der Waals surface area contributed by atoms with Gasteiger partial charge in [-0.1, -0.05) is 0 Å². The van der Waals surface area contributed by atoms with E-state index in [0.29, 0.717) is 29.9 Å². The van der Waals surface area contributed by atoms with Crippen LogP contribution in [0.3, 0.4) is 0 Å². The SMILES string of the molecule is Cc1cc(NCC2CCC(=O)N2)c(N)cc1F. The fraction of sp³-hybridized carbons (Fsp3) is 0.417. The highest BCUT2D eigenvalue weighted by Crippen LogP contribution is 2.22. The van der Waals surface area contributed by atoms with Gasteiger partial charge in [0.25, 0.3) is 0 Å². The summed E-state index contributed by atoms with van der Waals surface area (Å²) in [5.41, 5.74) is 7.36. The van der Waals surface area contributed by atoms with Crippen LogP contribution >= 0.6 is 0 Å². The van der Waals surface area contributed by atoms with Gasteiger partial charge < -0.3 is 16.4 Å². The fourth-order valence-corrected chi connectivity index (χ4v) is 1.91. The molecule has 0 saturated carbocycles. The summed E-state index contributed by atoms with van der Waals surface area (Å²) in [4.78, 5) is 11.0. The number of hydrogen-bond acceptors (Lipinski definition) is 3. The van der Waals surface area contributed by atoms with E-state index in [-0.39, 0.29) is 17.8 Å². The van der Waals surface area contributed by atoms with E-state index < -0.39 is 0 Å². The van der Waals surface area contributed by atoms with Crippen LogP contribution < -0.4 is 16.4 Å². The van der Waals surface area contributed by atoms with Crippen molar-refractivity contribution in [1.29, 1.82) is 0 Å². The summed E-state index contributed by atoms with van der Waals surface area (Å²) in [5.74, 6) is -0.220. The maximum Gasteiger partial charge on any atom is 0.220 e. The van der Waals surface area contributed by atoms with Crippen LogP contribution in [0.25, 0.3) is 0 Å². The molecule has 1 amide bonds. The first kappa shape index (κ1) is 11.7. The number of rotatable bonds is 3. The molecule has 0 bridgehead atoms. The second-order valence-electron chi connectivity index (χ2n) is 4.37. The van der Waals surface area contributed by atoms with Gasteiger partial charge in [0.2, 0.25) is 5.91 Å². The Hall–Kier alpha value is -1.78. The fourth-order valence-electron chi connectivity index (χ4n) is 1.91. The van der Waals surface area contributed by atoms with Crippen molar-refractivity contribution in [3.63, 3.8) is 0 Å². The lowest BCUT2D eigenvalue weighted by molar-refractivity contribution is -0.119. The smallest absolute Gasteiger partial charge is 0.220 e. The van der Waals surface area contributed by atoms with Gasteiger partial charge in [0.05, 0.1) is 11.4 Å². The minimum atomic E-state index is -0.304. The summed E-state index contributed by atoms with van der Waals surface area (Å²) in [5, 5.41) is 5.99. The van der Waals surface area contributed by atoms with Gasteiger partial charge in [0.15, 0.2) is 0 Å². The van der Waals surface area contributed by atoms with Crippen LogP contribution in [0.1, 0.15) is 18.4 Å². The second kappa shape index (κ2) is 4.61. The Bertz CT molecular complexity index is 448. The maximum atomic E-state index is 13.2. The van der Waals surface area contributed by atoms with Crippen molar-refractivity contribution in [3.8, 4) is 0 Å². The van der Waals surface area contributed by atoms with Crippen LogP contribution in [0.15, 0.2) is 12.1 Å². The molecule has 5 heteroatoms. The molecule has 1 aromatic rings. The molecule has 1 aliphatic heterocycles. The van der Waals surface area contributed by atoms with Crippen LogP contribution in [-0.2, 0) is 4.79 Å². The number of nitrogen functional groups attached to an aromatic ring is 1. The Balaban J connectivity index is 1.99. The van der Waals surface area contributed by atoms with E-state index in [1.807, 2.05) is 0 Å². The topological polar surface area (TPSA) is 67.2 Å². The molecule has 1 aliphatic rings. The highest BCUT2D eigenvalue weighted by molar-refractivity contribution is 5.78. The Kier molecular flexibility index (Phi) is 3.17. The summed E-state index contributed by atoms with van der Waals surface area (Å²) in [7, 11) is 0. The van der Waals surface area contributed by atoms with Gasteiger partial charge in [0.1, 0.15) is 5.82 Å². The maximum absolute atomic E-state index is 13.2. The van der Waals surface area contributed by atoms with Crippen LogP contribution in [0, 0.1) is 12.7 Å². The largest absolute Gasteiger partial charge is 0.397 e. The number of benzene rings is 1. The first-order valence-corrected chi connectivity index (χ1v) is 5.65. The number of hydrogen-bond donors (Lipinski definition) is 3. The molecule has 1 fully saturated rings. The minimum absolute atomic E-state index is 0.0834. The predicted octanol–water partition coefficient (Wildman–Crippen LogP) is 1.41. The average molecular weight is 237 g/mol. The summed E-state index contributed by atoms with van der Waals surface area (Å²) >= 11 is 0. The van der Waals surface area contributed by atoms with Crippen LogP contribution in [0.5, 0.6) is 0 Å². The van der Waals surface area contributed by atoms with Crippen molar-refractivity contribution in [2.45, 2.75) is 25.8 Å². The molecule has 0 aromatic heterocycles. The van der Waals surface area contributed by atoms with Gasteiger partial charge in [-0.05, 0) is 31.0 Å². The van der Waals surface area contributed by atoms with Crippen molar-refractivity contribution in [3.05, 3.63) is 23.5 Å². The molecular weight excluding hydrogens is 221 g/mol. The first-order chi connectivity index (χ1) is 8.06. The summed E-state index contributed by atoms with van der Waals surface area (Å²) in [6, 6.07) is 3.12. The molecule has 1 saturated heterocycles. The van der Waals surface area contributed by atoms with Crippen LogP contribution in [0.4, 0.5) is 15.8 Å². The Labute approximate surface area is 99.4 Å². The van der Waals surface area contributed by atoms with Crippen LogP contribution in [-0.4, -0.2) is 18.5 Å². The normalized spacial score (nSPS) is 19.2. The molecule has 0 radical (unpaired) electrons. The lowest BCUT2D eigenvalue weighted by atomic mass is 10.1. The van der Waals surface area contributed by atoms with Gasteiger partial charge in [-0.3, -0.25) is 4.79 Å². The molecule has 0 spiro atoms. The van der Waals surface area contributed by atoms with Gasteiger partial charge in [0, 0.05) is 19.0 Å². The number of aryl methyl sites for hydroxylation is 1. The lowest BCUT2D eigenvalue weighted by Gasteiger charge is -2.14. The highest BCUT2D eigenvalue weighted by atomic mass is 19.1. The van der Waals surface area contributed by atoms with Gasteiger partial charge >= 0.3 is 0 Å². The molecule has 4 nitrogen and oxygen atoms in total. The lowest BCUT2D eigenvalue weighted by Crippen LogP contribution is -2.31. The van der Waals surface area contributed by atoms with Crippen molar-refractivity contribution in [1.82, 2.24) is 5.32 Å². The average Bonchev–Trinajstić information content (AvgIpc) is 2.68. The number of carbonyl (C=O) groups is 1. The summed E-state index contributed by atoms with van der Waals surface area (Å²) in [6.45, 7) is 2.30. The third-order valence-electron chi connectivity index (χ3n) is 2.95. The summed E-state index contributed by atoms with van der Waals surface area (Å²) in [6.07, 6.45) is 1.40. The number of halogens is 1. The monoisotopic (exact) mass is 237 g/mol. The molecular formula is C12H16FN3O. The third-order valence-corrected chi connectivity index (χ3v) is 2.95. The molecule has 1 atom stereocenters. The van der Waals surface area contributed by atoms with E-state index in [4.69, 9.17) is 5.73 Å². The number of nitrogens with two attached hydrogens (primary N) is 1. The quantitative estimate of drug-likeness (QED) is 0.696. The number of nitrogens with one attached hydrogen (secondary N) is 2. The third kappa shape index (κ3) is 2.67. The van der Waals surface area contributed by atoms with E-state index in [1.54, 1.807) is 13.0 Å². The number of carbonyl (C=O) groups excluding carboxylic acids is 1. The molecule has 1 aromatic carbocycles. The predicted molar refractivity (Wildman–Crippen MR) is 65.2 cm³/mol. The molecule has 17 heavy (non-hydrogen) atoms. The van der Waals surface area contributed by atoms with Gasteiger partial charge in [-0.2, -0.15) is 0 Å². The molecule has 92 valence electrons. The molecule has 1 unspecified atom stereocenters. The molecule has 4 N–H and O–H groups in total. The standard InChI is InChI=1S/C12H16FN3O/c1-7-4-11(10(14)5-9(7)13)15-6-8-2-3-12(17)16-8/h4-5,8,15H,2-3,6,14H2,1H3,(H,16,17). The van der Waals surface area contributed by atoms with E-state index in [0.717, 1.165) is 6.42 Å². The second-order valence-corrected chi connectivity index (χ2v) is 4.37.